The molecule has 3 rings (SSSR count). The molecule has 4 nitrogen and oxygen atoms in total. The molecule has 0 radical (unpaired) electrons. The smallest absolute Gasteiger partial charge is 0.125 e. The molecular weight excluding hydrogens is 348 g/mol. The molecule has 104 valence electrons. The minimum Gasteiger partial charge on any atom is -0.384 e. The number of nitrogens with one attached hydrogen (secondary N) is 1. The Balaban J connectivity index is 2.09. The molecule has 0 aliphatic rings. The van der Waals surface area contributed by atoms with Crippen LogP contribution >= 0.6 is 27.7 Å². The van der Waals surface area contributed by atoms with E-state index in [9.17, 15) is 0 Å². The molecule has 2 aromatic heterocycles. The van der Waals surface area contributed by atoms with Gasteiger partial charge in [0.2, 0.25) is 0 Å². The fraction of sp³-hybridized carbons (Fsp3) is 0. The summed E-state index contributed by atoms with van der Waals surface area (Å²) in [4.78, 5) is 8.92. The standard InChI is InChI=1S/C15H11BrN4S/c16-10-5-6-13(19-8-10)21-15-11(14(17)18)7-9-3-1-2-4-12(9)20-15/h1-8H,(H3,17,18). The highest BCUT2D eigenvalue weighted by Crippen LogP contribution is 2.30. The van der Waals surface area contributed by atoms with Crippen LogP contribution in [0.15, 0.2) is 63.2 Å². The highest BCUT2D eigenvalue weighted by atomic mass is 79.9. The lowest BCUT2D eigenvalue weighted by Crippen LogP contribution is -2.13. The summed E-state index contributed by atoms with van der Waals surface area (Å²) in [7, 11) is 0. The number of nitrogen functional groups attached to an aromatic ring is 1. The molecule has 0 saturated carbocycles. The first-order valence-electron chi connectivity index (χ1n) is 6.17. The minimum absolute atomic E-state index is 0.00728. The van der Waals surface area contributed by atoms with Gasteiger partial charge in [0.1, 0.15) is 15.9 Å². The molecule has 0 atom stereocenters. The Hall–Kier alpha value is -1.92. The molecule has 2 heterocycles. The van der Waals surface area contributed by atoms with Gasteiger partial charge in [-0.05, 0) is 52.0 Å². The van der Waals surface area contributed by atoms with Crippen molar-refractivity contribution in [2.45, 2.75) is 10.1 Å². The van der Waals surface area contributed by atoms with E-state index in [1.807, 2.05) is 42.5 Å². The summed E-state index contributed by atoms with van der Waals surface area (Å²) in [6.07, 6.45) is 1.73. The zero-order valence-corrected chi connectivity index (χ0v) is 13.3. The number of fused-ring (bicyclic) bond motifs is 1. The van der Waals surface area contributed by atoms with Gasteiger partial charge in [-0.3, -0.25) is 5.41 Å². The fourth-order valence-corrected chi connectivity index (χ4v) is 2.99. The number of nitrogens with two attached hydrogens (primary N) is 1. The van der Waals surface area contributed by atoms with E-state index in [2.05, 4.69) is 25.9 Å². The van der Waals surface area contributed by atoms with Crippen LogP contribution < -0.4 is 5.73 Å². The number of rotatable bonds is 3. The highest BCUT2D eigenvalue weighted by Gasteiger charge is 2.11. The number of pyridine rings is 2. The number of hydrogen-bond acceptors (Lipinski definition) is 4. The van der Waals surface area contributed by atoms with Crippen LogP contribution in [0.4, 0.5) is 0 Å². The predicted octanol–water partition coefficient (Wildman–Crippen LogP) is 3.83. The monoisotopic (exact) mass is 358 g/mol. The molecule has 0 amide bonds. The summed E-state index contributed by atoms with van der Waals surface area (Å²) >= 11 is 4.76. The maximum atomic E-state index is 7.75. The number of hydrogen-bond donors (Lipinski definition) is 2. The lowest BCUT2D eigenvalue weighted by molar-refractivity contribution is 1.10. The molecule has 0 aliphatic heterocycles. The summed E-state index contributed by atoms with van der Waals surface area (Å²) in [6.45, 7) is 0. The average Bonchev–Trinajstić information content (AvgIpc) is 2.48. The van der Waals surface area contributed by atoms with Gasteiger partial charge in [0.05, 0.1) is 5.52 Å². The van der Waals surface area contributed by atoms with E-state index in [1.54, 1.807) is 6.20 Å². The van der Waals surface area contributed by atoms with Gasteiger partial charge >= 0.3 is 0 Å². The Bertz CT molecular complexity index is 818. The molecule has 21 heavy (non-hydrogen) atoms. The molecular formula is C15H11BrN4S. The van der Waals surface area contributed by atoms with Crippen molar-refractivity contribution in [3.63, 3.8) is 0 Å². The number of halogens is 1. The third kappa shape index (κ3) is 3.06. The maximum Gasteiger partial charge on any atom is 0.125 e. The first-order valence-corrected chi connectivity index (χ1v) is 7.78. The van der Waals surface area contributed by atoms with Crippen LogP contribution in [-0.4, -0.2) is 15.8 Å². The zero-order valence-electron chi connectivity index (χ0n) is 10.9. The summed E-state index contributed by atoms with van der Waals surface area (Å²) in [5.74, 6) is 0.00728. The van der Waals surface area contributed by atoms with Crippen LogP contribution in [0.1, 0.15) is 5.56 Å². The predicted molar refractivity (Wildman–Crippen MR) is 88.8 cm³/mol. The molecule has 0 bridgehead atoms. The van der Waals surface area contributed by atoms with Gasteiger partial charge in [0, 0.05) is 21.6 Å². The van der Waals surface area contributed by atoms with Crippen molar-refractivity contribution < 1.29 is 0 Å². The third-order valence-corrected chi connectivity index (χ3v) is 4.30. The highest BCUT2D eigenvalue weighted by molar-refractivity contribution is 9.10. The van der Waals surface area contributed by atoms with E-state index < -0.39 is 0 Å². The van der Waals surface area contributed by atoms with E-state index in [0.717, 1.165) is 20.4 Å². The van der Waals surface area contributed by atoms with Gasteiger partial charge in [-0.1, -0.05) is 18.2 Å². The normalized spacial score (nSPS) is 10.7. The van der Waals surface area contributed by atoms with E-state index in [1.165, 1.54) is 11.8 Å². The van der Waals surface area contributed by atoms with E-state index in [4.69, 9.17) is 11.1 Å². The van der Waals surface area contributed by atoms with Crippen molar-refractivity contribution >= 4 is 44.4 Å². The van der Waals surface area contributed by atoms with Gasteiger partial charge in [0.15, 0.2) is 0 Å². The van der Waals surface area contributed by atoms with Gasteiger partial charge < -0.3 is 5.73 Å². The number of para-hydroxylation sites is 1. The Morgan fingerprint density at radius 3 is 2.71 bits per heavy atom. The van der Waals surface area contributed by atoms with Gasteiger partial charge in [-0.2, -0.15) is 0 Å². The van der Waals surface area contributed by atoms with Crippen molar-refractivity contribution in [3.8, 4) is 0 Å². The topological polar surface area (TPSA) is 75.7 Å². The van der Waals surface area contributed by atoms with E-state index >= 15 is 0 Å². The van der Waals surface area contributed by atoms with E-state index in [-0.39, 0.29) is 5.84 Å². The van der Waals surface area contributed by atoms with Crippen molar-refractivity contribution in [1.82, 2.24) is 9.97 Å². The molecule has 6 heteroatoms. The second kappa shape index (κ2) is 5.83. The molecule has 3 N–H and O–H groups in total. The molecule has 0 aliphatic carbocycles. The number of amidine groups is 1. The van der Waals surface area contributed by atoms with Crippen LogP contribution in [-0.2, 0) is 0 Å². The van der Waals surface area contributed by atoms with Crippen LogP contribution in [0.3, 0.4) is 0 Å². The number of nitrogens with zero attached hydrogens (tertiary/aromatic N) is 2. The Morgan fingerprint density at radius 1 is 1.19 bits per heavy atom. The zero-order chi connectivity index (χ0) is 14.8. The van der Waals surface area contributed by atoms with Crippen molar-refractivity contribution in [3.05, 3.63) is 58.7 Å². The summed E-state index contributed by atoms with van der Waals surface area (Å²) in [5, 5.41) is 10.2. The van der Waals surface area contributed by atoms with Gasteiger partial charge in [0.25, 0.3) is 0 Å². The first kappa shape index (κ1) is 14.0. The minimum atomic E-state index is 0.00728. The Labute approximate surface area is 134 Å². The molecule has 0 unspecified atom stereocenters. The molecule has 3 aromatic rings. The van der Waals surface area contributed by atoms with Crippen molar-refractivity contribution in [2.75, 3.05) is 0 Å². The summed E-state index contributed by atoms with van der Waals surface area (Å²) in [6, 6.07) is 13.5. The molecule has 0 spiro atoms. The fourth-order valence-electron chi connectivity index (χ4n) is 1.89. The van der Waals surface area contributed by atoms with Gasteiger partial charge in [-0.15, -0.1) is 0 Å². The van der Waals surface area contributed by atoms with E-state index in [0.29, 0.717) is 10.6 Å². The van der Waals surface area contributed by atoms with Crippen molar-refractivity contribution in [1.29, 1.82) is 5.41 Å². The maximum absolute atomic E-state index is 7.75. The largest absolute Gasteiger partial charge is 0.384 e. The molecule has 0 fully saturated rings. The third-order valence-electron chi connectivity index (χ3n) is 2.88. The van der Waals surface area contributed by atoms with Crippen LogP contribution in [0.5, 0.6) is 0 Å². The van der Waals surface area contributed by atoms with Crippen LogP contribution in [0, 0.1) is 5.41 Å². The molecule has 0 saturated heterocycles. The van der Waals surface area contributed by atoms with Crippen molar-refractivity contribution in [2.24, 2.45) is 5.73 Å². The lowest BCUT2D eigenvalue weighted by Gasteiger charge is -2.08. The molecule has 1 aromatic carbocycles. The van der Waals surface area contributed by atoms with Crippen LogP contribution in [0.25, 0.3) is 10.9 Å². The second-order valence-electron chi connectivity index (χ2n) is 4.36. The SMILES string of the molecule is N=C(N)c1cc2ccccc2nc1Sc1ccc(Br)cn1. The lowest BCUT2D eigenvalue weighted by atomic mass is 10.1. The summed E-state index contributed by atoms with van der Waals surface area (Å²) < 4.78 is 0.921. The van der Waals surface area contributed by atoms with Gasteiger partial charge in [-0.25, -0.2) is 9.97 Å². The quantitative estimate of drug-likeness (QED) is 0.551. The summed E-state index contributed by atoms with van der Waals surface area (Å²) in [5.41, 5.74) is 7.19. The Morgan fingerprint density at radius 2 is 2.00 bits per heavy atom. The number of benzene rings is 1. The second-order valence-corrected chi connectivity index (χ2v) is 6.29. The first-order chi connectivity index (χ1) is 10.1. The number of aromatic nitrogens is 2. The Kier molecular flexibility index (Phi) is 3.90. The van der Waals surface area contributed by atoms with Crippen LogP contribution in [0.2, 0.25) is 0 Å². The average molecular weight is 359 g/mol.